The van der Waals surface area contributed by atoms with E-state index in [9.17, 15) is 4.79 Å². The summed E-state index contributed by atoms with van der Waals surface area (Å²) in [6, 6.07) is 13.6. The number of methoxy groups -OCH3 is 1. The molecule has 0 aliphatic carbocycles. The average molecular weight is 393 g/mol. The lowest BCUT2D eigenvalue weighted by molar-refractivity contribution is 0.208. The summed E-state index contributed by atoms with van der Waals surface area (Å²) in [7, 11) is 1.66. The maximum absolute atomic E-state index is 12.7. The van der Waals surface area contributed by atoms with Crippen molar-refractivity contribution in [3.63, 3.8) is 0 Å². The Bertz CT molecular complexity index is 965. The van der Waals surface area contributed by atoms with Gasteiger partial charge in [0.15, 0.2) is 0 Å². The van der Waals surface area contributed by atoms with E-state index in [-0.39, 0.29) is 6.03 Å². The molecule has 29 heavy (non-hydrogen) atoms. The lowest BCUT2D eigenvalue weighted by atomic mass is 10.2. The Kier molecular flexibility index (Phi) is 5.28. The van der Waals surface area contributed by atoms with E-state index in [0.29, 0.717) is 18.8 Å². The molecule has 150 valence electrons. The third-order valence-corrected chi connectivity index (χ3v) is 5.06. The van der Waals surface area contributed by atoms with Gasteiger partial charge in [0.2, 0.25) is 0 Å². The van der Waals surface area contributed by atoms with Gasteiger partial charge in [-0.3, -0.25) is 0 Å². The van der Waals surface area contributed by atoms with E-state index in [2.05, 4.69) is 25.7 Å². The molecule has 1 aromatic heterocycles. The first kappa shape index (κ1) is 18.7. The molecule has 9 nitrogen and oxygen atoms in total. The molecular formula is C20H23N7O2. The van der Waals surface area contributed by atoms with E-state index in [0.717, 1.165) is 35.8 Å². The fraction of sp³-hybridized carbons (Fsp3) is 0.300. The van der Waals surface area contributed by atoms with Crippen LogP contribution in [0.25, 0.3) is 5.69 Å². The van der Waals surface area contributed by atoms with Crippen molar-refractivity contribution in [1.82, 2.24) is 25.1 Å². The highest BCUT2D eigenvalue weighted by molar-refractivity contribution is 5.90. The molecule has 0 unspecified atom stereocenters. The molecular weight excluding hydrogens is 370 g/mol. The Labute approximate surface area is 168 Å². The number of hydrogen-bond donors (Lipinski definition) is 1. The zero-order valence-corrected chi connectivity index (χ0v) is 16.4. The third kappa shape index (κ3) is 4.13. The Balaban J connectivity index is 1.37. The summed E-state index contributed by atoms with van der Waals surface area (Å²) in [4.78, 5) is 16.8. The summed E-state index contributed by atoms with van der Waals surface area (Å²) in [6.07, 6.45) is 1.53. The molecule has 4 rings (SSSR count). The topological polar surface area (TPSA) is 88.4 Å². The van der Waals surface area contributed by atoms with Gasteiger partial charge in [0, 0.05) is 37.6 Å². The maximum atomic E-state index is 12.7. The van der Waals surface area contributed by atoms with Crippen LogP contribution in [-0.4, -0.2) is 64.4 Å². The number of hydrogen-bond acceptors (Lipinski definition) is 6. The van der Waals surface area contributed by atoms with Gasteiger partial charge in [-0.15, -0.1) is 5.10 Å². The van der Waals surface area contributed by atoms with Gasteiger partial charge in [0.1, 0.15) is 12.1 Å². The van der Waals surface area contributed by atoms with Gasteiger partial charge in [-0.1, -0.05) is 6.07 Å². The first-order chi connectivity index (χ1) is 14.1. The van der Waals surface area contributed by atoms with Crippen molar-refractivity contribution in [1.29, 1.82) is 0 Å². The van der Waals surface area contributed by atoms with Crippen molar-refractivity contribution in [3.8, 4) is 11.4 Å². The molecule has 0 bridgehead atoms. The number of piperazine rings is 1. The second kappa shape index (κ2) is 8.17. The molecule has 1 fully saturated rings. The van der Waals surface area contributed by atoms with Crippen molar-refractivity contribution in [3.05, 3.63) is 54.4 Å². The quantitative estimate of drug-likeness (QED) is 0.732. The molecule has 1 saturated heterocycles. The van der Waals surface area contributed by atoms with E-state index in [1.54, 1.807) is 11.8 Å². The zero-order valence-electron chi connectivity index (χ0n) is 16.4. The van der Waals surface area contributed by atoms with Gasteiger partial charge < -0.3 is 19.9 Å². The second-order valence-electron chi connectivity index (χ2n) is 6.86. The Morgan fingerprint density at radius 3 is 2.48 bits per heavy atom. The summed E-state index contributed by atoms with van der Waals surface area (Å²) >= 11 is 0. The van der Waals surface area contributed by atoms with Gasteiger partial charge in [-0.05, 0) is 59.3 Å². The second-order valence-corrected chi connectivity index (χ2v) is 6.86. The number of benzene rings is 2. The van der Waals surface area contributed by atoms with Crippen LogP contribution in [0.4, 0.5) is 16.2 Å². The van der Waals surface area contributed by atoms with Crippen LogP contribution in [0.2, 0.25) is 0 Å². The lowest BCUT2D eigenvalue weighted by Gasteiger charge is -2.36. The molecule has 2 aromatic carbocycles. The number of aromatic nitrogens is 4. The molecule has 2 amide bonds. The van der Waals surface area contributed by atoms with Crippen molar-refractivity contribution in [2.45, 2.75) is 6.92 Å². The number of ether oxygens (including phenoxy) is 1. The number of aryl methyl sites for hydroxylation is 1. The number of nitrogens with one attached hydrogen (secondary N) is 1. The molecule has 0 spiro atoms. The fourth-order valence-electron chi connectivity index (χ4n) is 3.37. The molecule has 1 N–H and O–H groups in total. The Morgan fingerprint density at radius 1 is 1.07 bits per heavy atom. The van der Waals surface area contributed by atoms with Crippen LogP contribution in [0.15, 0.2) is 48.8 Å². The Hall–Kier alpha value is -3.62. The van der Waals surface area contributed by atoms with Gasteiger partial charge in [0.05, 0.1) is 12.8 Å². The molecule has 2 heterocycles. The normalized spacial score (nSPS) is 14.0. The van der Waals surface area contributed by atoms with Crippen LogP contribution in [0.5, 0.6) is 5.75 Å². The van der Waals surface area contributed by atoms with Crippen LogP contribution in [-0.2, 0) is 0 Å². The smallest absolute Gasteiger partial charge is 0.321 e. The van der Waals surface area contributed by atoms with Crippen LogP contribution < -0.4 is 15.0 Å². The minimum atomic E-state index is -0.106. The van der Waals surface area contributed by atoms with Crippen LogP contribution in [0.3, 0.4) is 0 Å². The van der Waals surface area contributed by atoms with E-state index < -0.39 is 0 Å². The SMILES string of the molecule is COc1ccc(N2CCN(C(=O)Nc3ccc(C)c(-n4cnnn4)c3)CC2)cc1. The summed E-state index contributed by atoms with van der Waals surface area (Å²) in [5, 5.41) is 14.2. The van der Waals surface area contributed by atoms with Crippen molar-refractivity contribution in [2.24, 2.45) is 0 Å². The van der Waals surface area contributed by atoms with Gasteiger partial charge in [0.25, 0.3) is 0 Å². The molecule has 0 atom stereocenters. The number of tetrazole rings is 1. The summed E-state index contributed by atoms with van der Waals surface area (Å²) in [5.41, 5.74) is 3.69. The number of carbonyl (C=O) groups excluding carboxylic acids is 1. The van der Waals surface area contributed by atoms with Crippen LogP contribution in [0, 0.1) is 6.92 Å². The standard InChI is InChI=1S/C20H23N7O2/c1-15-3-4-16(13-19(15)27-14-21-23-24-27)22-20(28)26-11-9-25(10-12-26)17-5-7-18(29-2)8-6-17/h3-8,13-14H,9-12H2,1-2H3,(H,22,28). The van der Waals surface area contributed by atoms with E-state index in [1.165, 1.54) is 6.33 Å². The van der Waals surface area contributed by atoms with Crippen LogP contribution >= 0.6 is 0 Å². The predicted molar refractivity (Wildman–Crippen MR) is 110 cm³/mol. The first-order valence-electron chi connectivity index (χ1n) is 9.43. The molecule has 1 aliphatic heterocycles. The predicted octanol–water partition coefficient (Wildman–Crippen LogP) is 2.33. The number of anilines is 2. The van der Waals surface area contributed by atoms with Crippen molar-refractivity contribution < 1.29 is 9.53 Å². The van der Waals surface area contributed by atoms with E-state index in [1.807, 2.05) is 54.3 Å². The van der Waals surface area contributed by atoms with Crippen molar-refractivity contribution >= 4 is 17.4 Å². The average Bonchev–Trinajstić information content (AvgIpc) is 3.30. The summed E-state index contributed by atoms with van der Waals surface area (Å²) in [6.45, 7) is 4.85. The largest absolute Gasteiger partial charge is 0.497 e. The minimum absolute atomic E-state index is 0.106. The highest BCUT2D eigenvalue weighted by atomic mass is 16.5. The molecule has 9 heteroatoms. The summed E-state index contributed by atoms with van der Waals surface area (Å²) < 4.78 is 6.79. The molecule has 0 saturated carbocycles. The number of nitrogens with zero attached hydrogens (tertiary/aromatic N) is 6. The number of urea groups is 1. The van der Waals surface area contributed by atoms with Crippen LogP contribution in [0.1, 0.15) is 5.56 Å². The first-order valence-corrected chi connectivity index (χ1v) is 9.43. The molecule has 3 aromatic rings. The number of amides is 2. The Morgan fingerprint density at radius 2 is 1.83 bits per heavy atom. The third-order valence-electron chi connectivity index (χ3n) is 5.06. The minimum Gasteiger partial charge on any atom is -0.497 e. The van der Waals surface area contributed by atoms with Gasteiger partial charge in [-0.2, -0.15) is 0 Å². The zero-order chi connectivity index (χ0) is 20.2. The van der Waals surface area contributed by atoms with E-state index in [4.69, 9.17) is 4.74 Å². The number of rotatable bonds is 4. The number of carbonyl (C=O) groups is 1. The highest BCUT2D eigenvalue weighted by Crippen LogP contribution is 2.22. The van der Waals surface area contributed by atoms with Gasteiger partial charge >= 0.3 is 6.03 Å². The highest BCUT2D eigenvalue weighted by Gasteiger charge is 2.21. The van der Waals surface area contributed by atoms with Crippen molar-refractivity contribution in [2.75, 3.05) is 43.5 Å². The van der Waals surface area contributed by atoms with Gasteiger partial charge in [-0.25, -0.2) is 9.48 Å². The lowest BCUT2D eigenvalue weighted by Crippen LogP contribution is -2.50. The fourth-order valence-corrected chi connectivity index (χ4v) is 3.37. The molecule has 1 aliphatic rings. The monoisotopic (exact) mass is 393 g/mol. The summed E-state index contributed by atoms with van der Waals surface area (Å²) in [5.74, 6) is 0.839. The van der Waals surface area contributed by atoms with E-state index >= 15 is 0 Å². The maximum Gasteiger partial charge on any atom is 0.321 e. The molecule has 0 radical (unpaired) electrons.